The van der Waals surface area contributed by atoms with E-state index in [1.165, 1.54) is 19.2 Å². The molecule has 2 atom stereocenters. The summed E-state index contributed by atoms with van der Waals surface area (Å²) in [5.41, 5.74) is 1.51. The average Bonchev–Trinajstić information content (AvgIpc) is 2.91. The normalized spacial score (nSPS) is 17.5. The summed E-state index contributed by atoms with van der Waals surface area (Å²) in [6, 6.07) is 10.8. The molecule has 1 aliphatic rings. The zero-order chi connectivity index (χ0) is 23.3. The van der Waals surface area contributed by atoms with E-state index in [4.69, 9.17) is 16.3 Å². The van der Waals surface area contributed by atoms with Gasteiger partial charge in [-0.1, -0.05) is 23.7 Å². The molecule has 0 saturated carbocycles. The Labute approximate surface area is 190 Å². The van der Waals surface area contributed by atoms with Crippen molar-refractivity contribution in [1.82, 2.24) is 15.5 Å². The second kappa shape index (κ2) is 10.6. The molecule has 7 nitrogen and oxygen atoms in total. The molecule has 0 radical (unpaired) electrons. The summed E-state index contributed by atoms with van der Waals surface area (Å²) < 4.78 is 18.5. The van der Waals surface area contributed by atoms with Crippen LogP contribution in [-0.2, 0) is 20.8 Å². The Morgan fingerprint density at radius 2 is 2.00 bits per heavy atom. The Balaban J connectivity index is 1.70. The number of benzene rings is 2. The Morgan fingerprint density at radius 1 is 1.28 bits per heavy atom. The molecular formula is C23H25ClFN3O4. The molecule has 0 bridgehead atoms. The highest BCUT2D eigenvalue weighted by molar-refractivity contribution is 6.30. The molecule has 170 valence electrons. The molecule has 9 heteroatoms. The number of carbonyl (C=O) groups excluding carboxylic acids is 3. The van der Waals surface area contributed by atoms with E-state index in [2.05, 4.69) is 10.6 Å². The molecule has 0 aliphatic carbocycles. The minimum absolute atomic E-state index is 0.108. The lowest BCUT2D eigenvalue weighted by Gasteiger charge is -2.23. The lowest BCUT2D eigenvalue weighted by atomic mass is 9.97. The number of nitrogens with one attached hydrogen (secondary N) is 2. The summed E-state index contributed by atoms with van der Waals surface area (Å²) in [6.07, 6.45) is 0.256. The van der Waals surface area contributed by atoms with Crippen LogP contribution in [-0.4, -0.2) is 49.4 Å². The summed E-state index contributed by atoms with van der Waals surface area (Å²) in [4.78, 5) is 39.1. The molecular weight excluding hydrogens is 437 g/mol. The second-order valence-corrected chi connectivity index (χ2v) is 8.07. The van der Waals surface area contributed by atoms with Crippen LogP contribution in [0.3, 0.4) is 0 Å². The van der Waals surface area contributed by atoms with Gasteiger partial charge in [0.05, 0.1) is 19.6 Å². The predicted molar refractivity (Wildman–Crippen MR) is 118 cm³/mol. The van der Waals surface area contributed by atoms with Crippen LogP contribution in [0, 0.1) is 11.7 Å². The molecule has 32 heavy (non-hydrogen) atoms. The van der Waals surface area contributed by atoms with Crippen LogP contribution in [0.4, 0.5) is 4.39 Å². The van der Waals surface area contributed by atoms with E-state index >= 15 is 0 Å². The predicted octanol–water partition coefficient (Wildman–Crippen LogP) is 2.48. The number of halogens is 2. The number of ether oxygens (including phenoxy) is 1. The third-order valence-electron chi connectivity index (χ3n) is 5.40. The van der Waals surface area contributed by atoms with Crippen LogP contribution in [0.25, 0.3) is 0 Å². The summed E-state index contributed by atoms with van der Waals surface area (Å²) >= 11 is 6.09. The zero-order valence-electron chi connectivity index (χ0n) is 17.9. The van der Waals surface area contributed by atoms with Crippen molar-refractivity contribution in [2.45, 2.75) is 19.4 Å². The van der Waals surface area contributed by atoms with Gasteiger partial charge >= 0.3 is 0 Å². The lowest BCUT2D eigenvalue weighted by molar-refractivity contribution is -0.148. The molecule has 3 amide bonds. The third kappa shape index (κ3) is 5.83. The van der Waals surface area contributed by atoms with Gasteiger partial charge in [0.2, 0.25) is 17.7 Å². The van der Waals surface area contributed by atoms with Gasteiger partial charge in [0.25, 0.3) is 0 Å². The summed E-state index contributed by atoms with van der Waals surface area (Å²) in [6.45, 7) is 1.44. The number of amides is 3. The van der Waals surface area contributed by atoms with Crippen LogP contribution < -0.4 is 15.4 Å². The summed E-state index contributed by atoms with van der Waals surface area (Å²) in [5.74, 6) is -1.77. The van der Waals surface area contributed by atoms with Crippen LogP contribution in [0.15, 0.2) is 42.5 Å². The van der Waals surface area contributed by atoms with Gasteiger partial charge in [0.15, 0.2) is 0 Å². The number of carbonyl (C=O) groups is 3. The molecule has 1 heterocycles. The summed E-state index contributed by atoms with van der Waals surface area (Å²) in [5, 5.41) is 6.22. The van der Waals surface area contributed by atoms with E-state index in [0.717, 1.165) is 10.5 Å². The van der Waals surface area contributed by atoms with Crippen molar-refractivity contribution in [3.63, 3.8) is 0 Å². The maximum absolute atomic E-state index is 13.1. The Kier molecular flexibility index (Phi) is 7.82. The van der Waals surface area contributed by atoms with Crippen molar-refractivity contribution in [3.05, 3.63) is 64.4 Å². The summed E-state index contributed by atoms with van der Waals surface area (Å²) in [7, 11) is 1.52. The molecule has 2 aromatic carbocycles. The van der Waals surface area contributed by atoms with E-state index in [9.17, 15) is 18.8 Å². The number of hydrogen-bond acceptors (Lipinski definition) is 5. The molecule has 2 aromatic rings. The third-order valence-corrected chi connectivity index (χ3v) is 5.64. The Morgan fingerprint density at radius 3 is 2.69 bits per heavy atom. The van der Waals surface area contributed by atoms with E-state index in [-0.39, 0.29) is 37.9 Å². The van der Waals surface area contributed by atoms with Crippen molar-refractivity contribution in [1.29, 1.82) is 0 Å². The van der Waals surface area contributed by atoms with Crippen molar-refractivity contribution in [2.24, 2.45) is 5.92 Å². The van der Waals surface area contributed by atoms with Crippen LogP contribution >= 0.6 is 11.6 Å². The fraction of sp³-hybridized carbons (Fsp3) is 0.348. The highest BCUT2D eigenvalue weighted by Gasteiger charge is 2.34. The van der Waals surface area contributed by atoms with Gasteiger partial charge in [-0.15, -0.1) is 0 Å². The first-order valence-electron chi connectivity index (χ1n) is 10.2. The molecule has 1 fully saturated rings. The maximum Gasteiger partial charge on any atom is 0.243 e. The Bertz CT molecular complexity index is 999. The fourth-order valence-electron chi connectivity index (χ4n) is 3.57. The molecule has 1 saturated heterocycles. The molecule has 2 N–H and O–H groups in total. The van der Waals surface area contributed by atoms with Gasteiger partial charge < -0.3 is 15.4 Å². The van der Waals surface area contributed by atoms with E-state index in [1.54, 1.807) is 30.3 Å². The minimum atomic E-state index is -0.646. The van der Waals surface area contributed by atoms with Gasteiger partial charge in [-0.3, -0.25) is 19.3 Å². The SMILES string of the molecule is COc1ccc(Cl)cc1CC1CNC(=O)CN(C(=O)CN[C@H](C)c2ccc(F)cc2)C1=O. The van der Waals surface area contributed by atoms with Crippen molar-refractivity contribution in [3.8, 4) is 5.75 Å². The number of hydrogen-bond donors (Lipinski definition) is 2. The van der Waals surface area contributed by atoms with Gasteiger partial charge in [-0.05, 0) is 54.8 Å². The van der Waals surface area contributed by atoms with E-state index < -0.39 is 23.6 Å². The van der Waals surface area contributed by atoms with Gasteiger partial charge in [0.1, 0.15) is 18.1 Å². The van der Waals surface area contributed by atoms with Crippen LogP contribution in [0.5, 0.6) is 5.75 Å². The molecule has 3 rings (SSSR count). The second-order valence-electron chi connectivity index (χ2n) is 7.63. The monoisotopic (exact) mass is 461 g/mol. The first kappa shape index (κ1) is 23.7. The zero-order valence-corrected chi connectivity index (χ0v) is 18.6. The smallest absolute Gasteiger partial charge is 0.243 e. The van der Waals surface area contributed by atoms with E-state index in [1.807, 2.05) is 6.92 Å². The number of rotatable bonds is 7. The highest BCUT2D eigenvalue weighted by atomic mass is 35.5. The van der Waals surface area contributed by atoms with E-state index in [0.29, 0.717) is 16.3 Å². The standard InChI is InChI=1S/C23H25ClFN3O4/c1-14(15-3-6-19(25)7-4-15)26-12-22(30)28-13-21(29)27-11-17(23(28)31)9-16-10-18(24)5-8-20(16)32-2/h3-8,10,14,17,26H,9,11-13H2,1-2H3,(H,27,29)/t14-,17?/m1/s1. The lowest BCUT2D eigenvalue weighted by Crippen LogP contribution is -2.46. The fourth-order valence-corrected chi connectivity index (χ4v) is 3.76. The molecule has 0 aromatic heterocycles. The number of methoxy groups -OCH3 is 1. The Hall–Kier alpha value is -2.97. The molecule has 0 spiro atoms. The number of imide groups is 1. The number of nitrogens with zero attached hydrogens (tertiary/aromatic N) is 1. The van der Waals surface area contributed by atoms with Crippen molar-refractivity contribution < 1.29 is 23.5 Å². The average molecular weight is 462 g/mol. The van der Waals surface area contributed by atoms with Gasteiger partial charge in [-0.25, -0.2) is 4.39 Å². The van der Waals surface area contributed by atoms with Crippen LogP contribution in [0.2, 0.25) is 5.02 Å². The van der Waals surface area contributed by atoms with Crippen LogP contribution in [0.1, 0.15) is 24.1 Å². The largest absolute Gasteiger partial charge is 0.496 e. The first-order valence-corrected chi connectivity index (χ1v) is 10.6. The molecule has 1 aliphatic heterocycles. The van der Waals surface area contributed by atoms with Crippen molar-refractivity contribution in [2.75, 3.05) is 26.7 Å². The highest BCUT2D eigenvalue weighted by Crippen LogP contribution is 2.26. The topological polar surface area (TPSA) is 87.7 Å². The maximum atomic E-state index is 13.1. The van der Waals surface area contributed by atoms with Gasteiger partial charge in [0, 0.05) is 17.6 Å². The van der Waals surface area contributed by atoms with Crippen molar-refractivity contribution >= 4 is 29.3 Å². The van der Waals surface area contributed by atoms with Gasteiger partial charge in [-0.2, -0.15) is 0 Å². The first-order chi connectivity index (χ1) is 15.3. The minimum Gasteiger partial charge on any atom is -0.496 e. The molecule has 1 unspecified atom stereocenters. The quantitative estimate of drug-likeness (QED) is 0.661.